The van der Waals surface area contributed by atoms with Gasteiger partial charge < -0.3 is 15.4 Å². The summed E-state index contributed by atoms with van der Waals surface area (Å²) in [5.74, 6) is 0.344. The van der Waals surface area contributed by atoms with Crippen molar-refractivity contribution in [3.8, 4) is 0 Å². The highest BCUT2D eigenvalue weighted by molar-refractivity contribution is 6.30. The van der Waals surface area contributed by atoms with E-state index in [1.54, 1.807) is 0 Å². The van der Waals surface area contributed by atoms with Gasteiger partial charge in [-0.1, -0.05) is 23.7 Å². The van der Waals surface area contributed by atoms with Crippen molar-refractivity contribution in [2.24, 2.45) is 5.92 Å². The van der Waals surface area contributed by atoms with Crippen LogP contribution >= 0.6 is 11.6 Å². The second-order valence-corrected chi connectivity index (χ2v) is 7.90. The van der Waals surface area contributed by atoms with Crippen LogP contribution in [0.2, 0.25) is 5.02 Å². The van der Waals surface area contributed by atoms with Gasteiger partial charge in [0.15, 0.2) is 0 Å². The van der Waals surface area contributed by atoms with Crippen molar-refractivity contribution in [2.75, 3.05) is 32.8 Å². The van der Waals surface area contributed by atoms with E-state index in [9.17, 15) is 4.79 Å². The third-order valence-electron chi connectivity index (χ3n) is 5.67. The maximum Gasteiger partial charge on any atom is 0.224 e. The number of amides is 1. The van der Waals surface area contributed by atoms with Gasteiger partial charge in [0.05, 0.1) is 18.6 Å². The van der Waals surface area contributed by atoms with Crippen molar-refractivity contribution < 1.29 is 9.53 Å². The Kier molecular flexibility index (Phi) is 5.27. The van der Waals surface area contributed by atoms with E-state index in [2.05, 4.69) is 15.5 Å². The lowest BCUT2D eigenvalue weighted by molar-refractivity contribution is -0.126. The number of carbonyl (C=O) groups is 1. The average Bonchev–Trinajstić information content (AvgIpc) is 3.04. The highest BCUT2D eigenvalue weighted by Crippen LogP contribution is 2.31. The summed E-state index contributed by atoms with van der Waals surface area (Å²) in [4.78, 5) is 14.9. The van der Waals surface area contributed by atoms with Crippen LogP contribution in [0.25, 0.3) is 0 Å². The van der Waals surface area contributed by atoms with Crippen LogP contribution in [0.3, 0.4) is 0 Å². The maximum atomic E-state index is 12.5. The number of ether oxygens (including phenoxy) is 1. The molecule has 6 heteroatoms. The molecule has 25 heavy (non-hydrogen) atoms. The topological polar surface area (TPSA) is 53.6 Å². The van der Waals surface area contributed by atoms with E-state index >= 15 is 0 Å². The van der Waals surface area contributed by atoms with Crippen LogP contribution in [0, 0.1) is 5.92 Å². The zero-order valence-corrected chi connectivity index (χ0v) is 15.2. The lowest BCUT2D eigenvalue weighted by atomic mass is 9.98. The summed E-state index contributed by atoms with van der Waals surface area (Å²) >= 11 is 5.98. The second kappa shape index (κ2) is 7.62. The molecule has 5 nitrogen and oxygen atoms in total. The highest BCUT2D eigenvalue weighted by Gasteiger charge is 2.38. The maximum absolute atomic E-state index is 12.5. The Balaban J connectivity index is 1.32. The minimum Gasteiger partial charge on any atom is -0.371 e. The number of nitrogens with zero attached hydrogens (tertiary/aromatic N) is 1. The van der Waals surface area contributed by atoms with Crippen molar-refractivity contribution in [3.05, 3.63) is 34.9 Å². The molecular weight excluding hydrogens is 338 g/mol. The molecule has 1 amide bonds. The number of piperidine rings is 1. The van der Waals surface area contributed by atoms with Crippen molar-refractivity contribution in [3.63, 3.8) is 0 Å². The molecule has 0 saturated carbocycles. The molecule has 3 heterocycles. The molecule has 3 aliphatic heterocycles. The number of rotatable bonds is 3. The Labute approximate surface area is 154 Å². The summed E-state index contributed by atoms with van der Waals surface area (Å²) in [6.07, 6.45) is 3.17. The van der Waals surface area contributed by atoms with Gasteiger partial charge in [-0.2, -0.15) is 0 Å². The summed E-state index contributed by atoms with van der Waals surface area (Å²) < 4.78 is 6.08. The molecule has 3 fully saturated rings. The molecule has 4 atom stereocenters. The lowest BCUT2D eigenvalue weighted by Crippen LogP contribution is -2.45. The number of halogens is 1. The molecule has 136 valence electrons. The molecule has 0 bridgehead atoms. The molecule has 0 radical (unpaired) electrons. The van der Waals surface area contributed by atoms with Crippen molar-refractivity contribution in [1.29, 1.82) is 0 Å². The molecule has 0 spiro atoms. The Morgan fingerprint density at radius 2 is 2.12 bits per heavy atom. The third-order valence-corrected chi connectivity index (χ3v) is 5.93. The van der Waals surface area contributed by atoms with Gasteiger partial charge in [-0.05, 0) is 43.5 Å². The van der Waals surface area contributed by atoms with Crippen molar-refractivity contribution in [1.82, 2.24) is 15.5 Å². The summed E-state index contributed by atoms with van der Waals surface area (Å²) in [5, 5.41) is 7.34. The average molecular weight is 364 g/mol. The van der Waals surface area contributed by atoms with Gasteiger partial charge in [-0.3, -0.25) is 9.69 Å². The zero-order valence-electron chi connectivity index (χ0n) is 14.4. The molecular formula is C19H26ClN3O2. The summed E-state index contributed by atoms with van der Waals surface area (Å²) in [7, 11) is 0. The molecule has 0 unspecified atom stereocenters. The summed E-state index contributed by atoms with van der Waals surface area (Å²) in [6, 6.07) is 8.57. The van der Waals surface area contributed by atoms with Gasteiger partial charge in [-0.25, -0.2) is 0 Å². The van der Waals surface area contributed by atoms with Gasteiger partial charge in [0.25, 0.3) is 0 Å². The minimum atomic E-state index is 0.0884. The zero-order chi connectivity index (χ0) is 17.2. The van der Waals surface area contributed by atoms with Gasteiger partial charge in [-0.15, -0.1) is 0 Å². The van der Waals surface area contributed by atoms with Crippen LogP contribution < -0.4 is 10.6 Å². The number of nitrogens with one attached hydrogen (secondary N) is 2. The quantitative estimate of drug-likeness (QED) is 0.862. The number of carbonyl (C=O) groups excluding carboxylic acids is 1. The molecule has 3 saturated heterocycles. The Bertz CT molecular complexity index is 603. The third kappa shape index (κ3) is 4.00. The van der Waals surface area contributed by atoms with E-state index in [1.165, 1.54) is 5.56 Å². The van der Waals surface area contributed by atoms with Crippen LogP contribution in [-0.2, 0) is 9.53 Å². The van der Waals surface area contributed by atoms with E-state index in [1.807, 2.05) is 24.3 Å². The lowest BCUT2D eigenvalue weighted by Gasteiger charge is -2.35. The van der Waals surface area contributed by atoms with Crippen LogP contribution in [0.1, 0.15) is 30.9 Å². The van der Waals surface area contributed by atoms with Gasteiger partial charge in [0, 0.05) is 36.7 Å². The smallest absolute Gasteiger partial charge is 0.224 e. The number of hydrogen-bond acceptors (Lipinski definition) is 4. The molecule has 0 aromatic heterocycles. The fourth-order valence-electron chi connectivity index (χ4n) is 4.25. The Hall–Kier alpha value is -1.14. The van der Waals surface area contributed by atoms with E-state index in [0.29, 0.717) is 6.04 Å². The largest absolute Gasteiger partial charge is 0.371 e. The van der Waals surface area contributed by atoms with Gasteiger partial charge >= 0.3 is 0 Å². The van der Waals surface area contributed by atoms with E-state index < -0.39 is 0 Å². The predicted molar refractivity (Wildman–Crippen MR) is 97.6 cm³/mol. The molecule has 2 N–H and O–H groups in total. The standard InChI is InChI=1S/C19H26ClN3O2/c20-15-5-3-13(4-6-15)18-11-23-10-16(8-17(23)12-25-18)22-19(24)14-2-1-7-21-9-14/h3-6,14,16-18,21H,1-2,7-12H2,(H,22,24)/t14-,16-,17+,18-/m1/s1. The number of morpholine rings is 1. The monoisotopic (exact) mass is 363 g/mol. The fourth-order valence-corrected chi connectivity index (χ4v) is 4.38. The normalized spacial score (nSPS) is 33.0. The highest BCUT2D eigenvalue weighted by atomic mass is 35.5. The number of hydrogen-bond donors (Lipinski definition) is 2. The van der Waals surface area contributed by atoms with Crippen molar-refractivity contribution >= 4 is 17.5 Å². The molecule has 0 aliphatic carbocycles. The van der Waals surface area contributed by atoms with Crippen LogP contribution in [0.5, 0.6) is 0 Å². The van der Waals surface area contributed by atoms with E-state index in [0.717, 1.165) is 57.1 Å². The molecule has 3 aliphatic rings. The van der Waals surface area contributed by atoms with Crippen LogP contribution in [-0.4, -0.2) is 55.7 Å². The predicted octanol–water partition coefficient (Wildman–Crippen LogP) is 1.97. The Morgan fingerprint density at radius 1 is 1.28 bits per heavy atom. The SMILES string of the molecule is O=C(N[C@@H]1C[C@H]2CO[C@@H](c3ccc(Cl)cc3)CN2C1)[C@@H]1CCCNC1. The number of benzene rings is 1. The summed E-state index contributed by atoms with van der Waals surface area (Å²) in [6.45, 7) is 4.37. The fraction of sp³-hybridized carbons (Fsp3) is 0.632. The molecule has 4 rings (SSSR count). The second-order valence-electron chi connectivity index (χ2n) is 7.47. The van der Waals surface area contributed by atoms with Gasteiger partial charge in [0.2, 0.25) is 5.91 Å². The van der Waals surface area contributed by atoms with Gasteiger partial charge in [0.1, 0.15) is 0 Å². The van der Waals surface area contributed by atoms with Crippen LogP contribution in [0.15, 0.2) is 24.3 Å². The minimum absolute atomic E-state index is 0.0884. The first-order chi connectivity index (χ1) is 12.2. The number of fused-ring (bicyclic) bond motifs is 1. The van der Waals surface area contributed by atoms with E-state index in [4.69, 9.17) is 16.3 Å². The first-order valence-corrected chi connectivity index (χ1v) is 9.69. The first-order valence-electron chi connectivity index (χ1n) is 9.31. The first kappa shape index (κ1) is 17.3. The molecule has 1 aromatic rings. The molecule has 1 aromatic carbocycles. The van der Waals surface area contributed by atoms with Crippen molar-refractivity contribution in [2.45, 2.75) is 37.5 Å². The Morgan fingerprint density at radius 3 is 2.88 bits per heavy atom. The summed E-state index contributed by atoms with van der Waals surface area (Å²) in [5.41, 5.74) is 1.17. The van der Waals surface area contributed by atoms with E-state index in [-0.39, 0.29) is 24.0 Å². The van der Waals surface area contributed by atoms with Crippen LogP contribution in [0.4, 0.5) is 0 Å².